The Labute approximate surface area is 92.0 Å². The third-order valence-corrected chi connectivity index (χ3v) is 2.46. The van der Waals surface area contributed by atoms with Crippen LogP contribution in [-0.4, -0.2) is 9.55 Å². The van der Waals surface area contributed by atoms with E-state index in [0.717, 1.165) is 11.3 Å². The summed E-state index contributed by atoms with van der Waals surface area (Å²) >= 11 is 5.77. The second-order valence-corrected chi connectivity index (χ2v) is 3.46. The Morgan fingerprint density at radius 2 is 2.33 bits per heavy atom. The van der Waals surface area contributed by atoms with Crippen LogP contribution < -0.4 is 0 Å². The van der Waals surface area contributed by atoms with Crippen molar-refractivity contribution in [3.8, 4) is 0 Å². The highest BCUT2D eigenvalue weighted by Crippen LogP contribution is 2.18. The van der Waals surface area contributed by atoms with E-state index in [9.17, 15) is 4.39 Å². The van der Waals surface area contributed by atoms with Crippen molar-refractivity contribution in [1.82, 2.24) is 9.55 Å². The number of halogens is 2. The lowest BCUT2D eigenvalue weighted by atomic mass is 10.3. The van der Waals surface area contributed by atoms with E-state index in [1.807, 2.05) is 4.57 Å². The van der Waals surface area contributed by atoms with Crippen LogP contribution >= 0.6 is 11.6 Å². The summed E-state index contributed by atoms with van der Waals surface area (Å²) in [4.78, 5) is 4.25. The van der Waals surface area contributed by atoms with E-state index in [4.69, 9.17) is 11.6 Å². The molecule has 0 aliphatic carbocycles. The standard InChI is InChI=1S/C11H10ClFN2/c1-2-5-15-10-4-3-8(13)6-9(10)14-11(15)7-12/h2-4,6H,1,5,7H2. The molecule has 1 aromatic heterocycles. The molecule has 2 nitrogen and oxygen atoms in total. The topological polar surface area (TPSA) is 17.8 Å². The largest absolute Gasteiger partial charge is 0.323 e. The molecule has 1 heterocycles. The van der Waals surface area contributed by atoms with Crippen molar-refractivity contribution in [2.45, 2.75) is 12.4 Å². The predicted octanol–water partition coefficient (Wildman–Crippen LogP) is 3.10. The lowest BCUT2D eigenvalue weighted by Crippen LogP contribution is -1.99. The normalized spacial score (nSPS) is 10.8. The average molecular weight is 225 g/mol. The fourth-order valence-electron chi connectivity index (χ4n) is 1.59. The molecule has 1 aromatic carbocycles. The number of fused-ring (bicyclic) bond motifs is 1. The van der Waals surface area contributed by atoms with Crippen LogP contribution in [0.1, 0.15) is 5.82 Å². The number of aromatic nitrogens is 2. The summed E-state index contributed by atoms with van der Waals surface area (Å²) in [5.41, 5.74) is 1.51. The maximum atomic E-state index is 13.0. The fraction of sp³-hybridized carbons (Fsp3) is 0.182. The first kappa shape index (κ1) is 10.2. The molecule has 0 atom stereocenters. The van der Waals surface area contributed by atoms with Gasteiger partial charge in [0, 0.05) is 12.6 Å². The van der Waals surface area contributed by atoms with Crippen LogP contribution in [0.3, 0.4) is 0 Å². The molecule has 0 saturated heterocycles. The van der Waals surface area contributed by atoms with Crippen molar-refractivity contribution in [3.05, 3.63) is 42.5 Å². The number of rotatable bonds is 3. The maximum absolute atomic E-state index is 13.0. The Balaban J connectivity index is 2.68. The predicted molar refractivity (Wildman–Crippen MR) is 59.4 cm³/mol. The first-order chi connectivity index (χ1) is 7.26. The van der Waals surface area contributed by atoms with Gasteiger partial charge in [0.1, 0.15) is 11.6 Å². The Morgan fingerprint density at radius 3 is 3.00 bits per heavy atom. The molecule has 0 amide bonds. The number of hydrogen-bond donors (Lipinski definition) is 0. The van der Waals surface area contributed by atoms with Crippen LogP contribution in [0, 0.1) is 5.82 Å². The van der Waals surface area contributed by atoms with E-state index in [1.165, 1.54) is 12.1 Å². The summed E-state index contributed by atoms with van der Waals surface area (Å²) < 4.78 is 14.9. The van der Waals surface area contributed by atoms with Crippen LogP contribution in [0.25, 0.3) is 11.0 Å². The SMILES string of the molecule is C=CCn1c(CCl)nc2cc(F)ccc21. The van der Waals surface area contributed by atoms with E-state index in [0.29, 0.717) is 17.9 Å². The zero-order chi connectivity index (χ0) is 10.8. The second-order valence-electron chi connectivity index (χ2n) is 3.19. The number of alkyl halides is 1. The Morgan fingerprint density at radius 1 is 1.53 bits per heavy atom. The van der Waals surface area contributed by atoms with Gasteiger partial charge < -0.3 is 4.57 Å². The molecule has 0 fully saturated rings. The van der Waals surface area contributed by atoms with Crippen molar-refractivity contribution in [2.75, 3.05) is 0 Å². The molecule has 0 aliphatic heterocycles. The van der Waals surface area contributed by atoms with E-state index < -0.39 is 0 Å². The lowest BCUT2D eigenvalue weighted by molar-refractivity contribution is 0.629. The maximum Gasteiger partial charge on any atom is 0.125 e. The third kappa shape index (κ3) is 1.75. The first-order valence-electron chi connectivity index (χ1n) is 4.57. The highest BCUT2D eigenvalue weighted by molar-refractivity contribution is 6.16. The minimum absolute atomic E-state index is 0.285. The molecule has 78 valence electrons. The van der Waals surface area contributed by atoms with E-state index >= 15 is 0 Å². The summed E-state index contributed by atoms with van der Waals surface area (Å²) in [6, 6.07) is 4.53. The van der Waals surface area contributed by atoms with Gasteiger partial charge in [-0.1, -0.05) is 6.08 Å². The monoisotopic (exact) mass is 224 g/mol. The number of benzene rings is 1. The number of allylic oxidation sites excluding steroid dienone is 1. The number of nitrogens with zero attached hydrogens (tertiary/aromatic N) is 2. The van der Waals surface area contributed by atoms with Gasteiger partial charge in [-0.2, -0.15) is 0 Å². The van der Waals surface area contributed by atoms with Crippen LogP contribution in [-0.2, 0) is 12.4 Å². The zero-order valence-corrected chi connectivity index (χ0v) is 8.84. The summed E-state index contributed by atoms with van der Waals surface area (Å²) in [5, 5.41) is 0. The fourth-order valence-corrected chi connectivity index (χ4v) is 1.79. The molecule has 0 bridgehead atoms. The molecule has 0 saturated carbocycles. The Hall–Kier alpha value is -1.35. The van der Waals surface area contributed by atoms with Gasteiger partial charge in [-0.15, -0.1) is 18.2 Å². The van der Waals surface area contributed by atoms with Gasteiger partial charge in [-0.05, 0) is 12.1 Å². The summed E-state index contributed by atoms with van der Waals surface area (Å²) in [5.74, 6) is 0.758. The molecule has 0 N–H and O–H groups in total. The van der Waals surface area contributed by atoms with Crippen molar-refractivity contribution in [2.24, 2.45) is 0 Å². The average Bonchev–Trinajstić information content (AvgIpc) is 2.56. The zero-order valence-electron chi connectivity index (χ0n) is 8.08. The van der Waals surface area contributed by atoms with Gasteiger partial charge in [0.05, 0.1) is 16.9 Å². The van der Waals surface area contributed by atoms with Gasteiger partial charge in [0.2, 0.25) is 0 Å². The molecule has 0 unspecified atom stereocenters. The molecule has 2 rings (SSSR count). The summed E-state index contributed by atoms with van der Waals surface area (Å²) in [6.07, 6.45) is 1.76. The van der Waals surface area contributed by atoms with E-state index in [2.05, 4.69) is 11.6 Å². The van der Waals surface area contributed by atoms with Gasteiger partial charge in [0.15, 0.2) is 0 Å². The molecular weight excluding hydrogens is 215 g/mol. The molecule has 0 aliphatic rings. The van der Waals surface area contributed by atoms with Crippen LogP contribution in [0.2, 0.25) is 0 Å². The third-order valence-electron chi connectivity index (χ3n) is 2.22. The van der Waals surface area contributed by atoms with Gasteiger partial charge >= 0.3 is 0 Å². The number of hydrogen-bond acceptors (Lipinski definition) is 1. The van der Waals surface area contributed by atoms with Gasteiger partial charge in [-0.3, -0.25) is 0 Å². The van der Waals surface area contributed by atoms with Crippen molar-refractivity contribution >= 4 is 22.6 Å². The molecule has 4 heteroatoms. The van der Waals surface area contributed by atoms with Gasteiger partial charge in [-0.25, -0.2) is 9.37 Å². The number of imidazole rings is 1. The molecular formula is C11H10ClFN2. The quantitative estimate of drug-likeness (QED) is 0.579. The smallest absolute Gasteiger partial charge is 0.125 e. The van der Waals surface area contributed by atoms with Crippen LogP contribution in [0.5, 0.6) is 0 Å². The minimum Gasteiger partial charge on any atom is -0.323 e. The van der Waals surface area contributed by atoms with Crippen molar-refractivity contribution in [1.29, 1.82) is 0 Å². The molecule has 2 aromatic rings. The van der Waals surface area contributed by atoms with E-state index in [-0.39, 0.29) is 5.82 Å². The van der Waals surface area contributed by atoms with Gasteiger partial charge in [0.25, 0.3) is 0 Å². The highest BCUT2D eigenvalue weighted by Gasteiger charge is 2.08. The molecule has 0 radical (unpaired) electrons. The van der Waals surface area contributed by atoms with Crippen LogP contribution in [0.4, 0.5) is 4.39 Å². The summed E-state index contributed by atoms with van der Waals surface area (Å²) in [7, 11) is 0. The summed E-state index contributed by atoms with van der Waals surface area (Å²) in [6.45, 7) is 4.30. The van der Waals surface area contributed by atoms with Crippen molar-refractivity contribution in [3.63, 3.8) is 0 Å². The second kappa shape index (κ2) is 4.03. The molecule has 0 spiro atoms. The van der Waals surface area contributed by atoms with Crippen molar-refractivity contribution < 1.29 is 4.39 Å². The minimum atomic E-state index is -0.285. The molecule has 15 heavy (non-hydrogen) atoms. The highest BCUT2D eigenvalue weighted by atomic mass is 35.5. The van der Waals surface area contributed by atoms with E-state index in [1.54, 1.807) is 12.1 Å². The first-order valence-corrected chi connectivity index (χ1v) is 5.11. The van der Waals surface area contributed by atoms with Crippen LogP contribution in [0.15, 0.2) is 30.9 Å². The Bertz CT molecular complexity index is 505. The lowest BCUT2D eigenvalue weighted by Gasteiger charge is -2.02. The Kier molecular flexibility index (Phi) is 2.73.